The SMILES string of the molecule is O=C(NCCC1=CCCCC1)c1cc(-n2cnnc2)ccc1Br. The van der Waals surface area contributed by atoms with Crippen LogP contribution in [0.1, 0.15) is 42.5 Å². The third-order valence-corrected chi connectivity index (χ3v) is 4.72. The Balaban J connectivity index is 1.64. The van der Waals surface area contributed by atoms with Gasteiger partial charge >= 0.3 is 0 Å². The second kappa shape index (κ2) is 7.55. The van der Waals surface area contributed by atoms with Gasteiger partial charge in [0.15, 0.2) is 0 Å². The summed E-state index contributed by atoms with van der Waals surface area (Å²) in [6.07, 6.45) is 11.4. The van der Waals surface area contributed by atoms with E-state index in [4.69, 9.17) is 0 Å². The molecule has 0 saturated heterocycles. The summed E-state index contributed by atoms with van der Waals surface area (Å²) in [5.74, 6) is -0.0665. The van der Waals surface area contributed by atoms with Gasteiger partial charge in [-0.1, -0.05) is 11.6 Å². The minimum atomic E-state index is -0.0665. The van der Waals surface area contributed by atoms with Crippen LogP contribution in [0.5, 0.6) is 0 Å². The van der Waals surface area contributed by atoms with E-state index >= 15 is 0 Å². The number of amides is 1. The number of hydrogen-bond acceptors (Lipinski definition) is 3. The van der Waals surface area contributed by atoms with Gasteiger partial charge in [-0.3, -0.25) is 9.36 Å². The zero-order valence-electron chi connectivity index (χ0n) is 12.8. The van der Waals surface area contributed by atoms with Crippen LogP contribution in [0.3, 0.4) is 0 Å². The summed E-state index contributed by atoms with van der Waals surface area (Å²) in [6, 6.07) is 5.62. The molecule has 1 aliphatic carbocycles. The predicted octanol–water partition coefficient (Wildman–Crippen LogP) is 3.65. The monoisotopic (exact) mass is 374 g/mol. The third kappa shape index (κ3) is 4.07. The standard InChI is InChI=1S/C17H19BrN4O/c18-16-7-6-14(22-11-20-21-12-22)10-15(16)17(23)19-9-8-13-4-2-1-3-5-13/h4,6-7,10-12H,1-3,5,8-9H2,(H,19,23). The lowest BCUT2D eigenvalue weighted by Crippen LogP contribution is -2.25. The first kappa shape index (κ1) is 15.9. The summed E-state index contributed by atoms with van der Waals surface area (Å²) < 4.78 is 2.56. The third-order valence-electron chi connectivity index (χ3n) is 4.03. The zero-order valence-corrected chi connectivity index (χ0v) is 14.4. The van der Waals surface area contributed by atoms with Crippen LogP contribution in [0.4, 0.5) is 0 Å². The Kier molecular flexibility index (Phi) is 5.23. The van der Waals surface area contributed by atoms with E-state index in [-0.39, 0.29) is 5.91 Å². The number of allylic oxidation sites excluding steroid dienone is 1. The highest BCUT2D eigenvalue weighted by Gasteiger charge is 2.12. The van der Waals surface area contributed by atoms with Gasteiger partial charge in [0.2, 0.25) is 0 Å². The molecule has 5 nitrogen and oxygen atoms in total. The van der Waals surface area contributed by atoms with E-state index < -0.39 is 0 Å². The fourth-order valence-corrected chi connectivity index (χ4v) is 3.17. The number of benzene rings is 1. The van der Waals surface area contributed by atoms with Gasteiger partial charge in [0.05, 0.1) is 5.56 Å². The normalized spacial score (nSPS) is 14.4. The molecule has 0 saturated carbocycles. The van der Waals surface area contributed by atoms with E-state index in [1.165, 1.54) is 31.3 Å². The van der Waals surface area contributed by atoms with Gasteiger partial charge in [-0.15, -0.1) is 10.2 Å². The fourth-order valence-electron chi connectivity index (χ4n) is 2.75. The molecular weight excluding hydrogens is 356 g/mol. The molecule has 1 aromatic heterocycles. The van der Waals surface area contributed by atoms with Gasteiger partial charge in [0, 0.05) is 16.7 Å². The van der Waals surface area contributed by atoms with Gasteiger partial charge < -0.3 is 5.32 Å². The van der Waals surface area contributed by atoms with E-state index in [1.54, 1.807) is 17.2 Å². The molecule has 1 aromatic carbocycles. The molecule has 2 aromatic rings. The van der Waals surface area contributed by atoms with Crippen molar-refractivity contribution in [3.05, 3.63) is 52.5 Å². The molecule has 0 aliphatic heterocycles. The molecule has 6 heteroatoms. The Morgan fingerprint density at radius 1 is 1.26 bits per heavy atom. The second-order valence-electron chi connectivity index (χ2n) is 5.65. The molecule has 1 N–H and O–H groups in total. The van der Waals surface area contributed by atoms with Crippen molar-refractivity contribution in [2.45, 2.75) is 32.1 Å². The van der Waals surface area contributed by atoms with Crippen molar-refractivity contribution in [1.29, 1.82) is 0 Å². The smallest absolute Gasteiger partial charge is 0.252 e. The number of carbonyl (C=O) groups is 1. The zero-order chi connectivity index (χ0) is 16.1. The summed E-state index contributed by atoms with van der Waals surface area (Å²) in [5, 5.41) is 10.6. The molecular formula is C17H19BrN4O. The van der Waals surface area contributed by atoms with Crippen molar-refractivity contribution in [1.82, 2.24) is 20.1 Å². The molecule has 0 radical (unpaired) electrons. The van der Waals surface area contributed by atoms with Gasteiger partial charge in [-0.25, -0.2) is 0 Å². The maximum atomic E-state index is 12.4. The van der Waals surface area contributed by atoms with E-state index in [2.05, 4.69) is 37.5 Å². The van der Waals surface area contributed by atoms with Gasteiger partial charge in [0.1, 0.15) is 12.7 Å². The minimum Gasteiger partial charge on any atom is -0.352 e. The first-order chi connectivity index (χ1) is 11.2. The molecule has 0 fully saturated rings. The van der Waals surface area contributed by atoms with E-state index in [9.17, 15) is 4.79 Å². The van der Waals surface area contributed by atoms with Crippen LogP contribution in [0.15, 0.2) is 47.0 Å². The topological polar surface area (TPSA) is 59.8 Å². The number of carbonyl (C=O) groups excluding carboxylic acids is 1. The molecule has 1 amide bonds. The first-order valence-electron chi connectivity index (χ1n) is 7.85. The predicted molar refractivity (Wildman–Crippen MR) is 92.6 cm³/mol. The lowest BCUT2D eigenvalue weighted by atomic mass is 9.97. The molecule has 0 unspecified atom stereocenters. The van der Waals surface area contributed by atoms with Gasteiger partial charge in [-0.2, -0.15) is 0 Å². The van der Waals surface area contributed by atoms with Crippen LogP contribution in [-0.2, 0) is 0 Å². The number of rotatable bonds is 5. The average Bonchev–Trinajstić information content (AvgIpc) is 3.10. The summed E-state index contributed by atoms with van der Waals surface area (Å²) in [6.45, 7) is 0.675. The molecule has 0 atom stereocenters. The van der Waals surface area contributed by atoms with Crippen molar-refractivity contribution in [3.63, 3.8) is 0 Å². The van der Waals surface area contributed by atoms with Crippen molar-refractivity contribution < 1.29 is 4.79 Å². The highest BCUT2D eigenvalue weighted by molar-refractivity contribution is 9.10. The van der Waals surface area contributed by atoms with Crippen LogP contribution >= 0.6 is 15.9 Å². The molecule has 1 heterocycles. The molecule has 0 spiro atoms. The highest BCUT2D eigenvalue weighted by Crippen LogP contribution is 2.21. The quantitative estimate of drug-likeness (QED) is 0.812. The van der Waals surface area contributed by atoms with Crippen molar-refractivity contribution in [2.24, 2.45) is 0 Å². The van der Waals surface area contributed by atoms with Crippen LogP contribution in [-0.4, -0.2) is 27.2 Å². The number of nitrogens with one attached hydrogen (secondary N) is 1. The van der Waals surface area contributed by atoms with Crippen LogP contribution in [0, 0.1) is 0 Å². The number of halogens is 1. The van der Waals surface area contributed by atoms with Gasteiger partial charge in [0.25, 0.3) is 5.91 Å². The maximum absolute atomic E-state index is 12.4. The van der Waals surface area contributed by atoms with Crippen LogP contribution in [0.25, 0.3) is 5.69 Å². The average molecular weight is 375 g/mol. The van der Waals surface area contributed by atoms with Crippen LogP contribution < -0.4 is 5.32 Å². The highest BCUT2D eigenvalue weighted by atomic mass is 79.9. The Hall–Kier alpha value is -1.95. The Labute approximate surface area is 143 Å². The summed E-state index contributed by atoms with van der Waals surface area (Å²) >= 11 is 3.45. The number of hydrogen-bond donors (Lipinski definition) is 1. The molecule has 1 aliphatic rings. The first-order valence-corrected chi connectivity index (χ1v) is 8.64. The molecule has 3 rings (SSSR count). The fraction of sp³-hybridized carbons (Fsp3) is 0.353. The Morgan fingerprint density at radius 2 is 2.09 bits per heavy atom. The Bertz CT molecular complexity index is 709. The second-order valence-corrected chi connectivity index (χ2v) is 6.50. The van der Waals surface area contributed by atoms with Gasteiger partial charge in [-0.05, 0) is 66.2 Å². The summed E-state index contributed by atoms with van der Waals surface area (Å²) in [4.78, 5) is 12.4. The van der Waals surface area contributed by atoms with Crippen molar-refractivity contribution >= 4 is 21.8 Å². The lowest BCUT2D eigenvalue weighted by Gasteiger charge is -2.13. The minimum absolute atomic E-state index is 0.0665. The van der Waals surface area contributed by atoms with Crippen LogP contribution in [0.2, 0.25) is 0 Å². The van der Waals surface area contributed by atoms with Crippen molar-refractivity contribution in [2.75, 3.05) is 6.54 Å². The van der Waals surface area contributed by atoms with E-state index in [0.717, 1.165) is 16.6 Å². The lowest BCUT2D eigenvalue weighted by molar-refractivity contribution is 0.0953. The van der Waals surface area contributed by atoms with E-state index in [0.29, 0.717) is 12.1 Å². The summed E-state index contributed by atoms with van der Waals surface area (Å²) in [5.41, 5.74) is 2.95. The maximum Gasteiger partial charge on any atom is 0.252 e. The van der Waals surface area contributed by atoms with Crippen molar-refractivity contribution in [3.8, 4) is 5.69 Å². The molecule has 23 heavy (non-hydrogen) atoms. The summed E-state index contributed by atoms with van der Waals surface area (Å²) in [7, 11) is 0. The Morgan fingerprint density at radius 3 is 2.83 bits per heavy atom. The van der Waals surface area contributed by atoms with E-state index in [1.807, 2.05) is 18.2 Å². The largest absolute Gasteiger partial charge is 0.352 e. The number of nitrogens with zero attached hydrogens (tertiary/aromatic N) is 3. The molecule has 0 bridgehead atoms. The number of aromatic nitrogens is 3. The molecule has 120 valence electrons.